The number of ether oxygens (including phenoxy) is 7. The zero-order chi connectivity index (χ0) is 57.4. The van der Waals surface area contributed by atoms with Crippen LogP contribution in [-0.4, -0.2) is 163 Å². The van der Waals surface area contributed by atoms with E-state index in [2.05, 4.69) is 4.74 Å². The van der Waals surface area contributed by atoms with Crippen LogP contribution >= 0.6 is 0 Å². The van der Waals surface area contributed by atoms with E-state index in [9.17, 15) is 61.2 Å². The van der Waals surface area contributed by atoms with Crippen molar-refractivity contribution in [1.82, 2.24) is 4.90 Å². The number of hydrogen-bond donors (Lipinski definition) is 3. The molecule has 77 heavy (non-hydrogen) atoms. The summed E-state index contributed by atoms with van der Waals surface area (Å²) in [5.41, 5.74) is 0.758. The second kappa shape index (κ2) is 30.1. The molecule has 4 rings (SSSR count). The molecule has 0 aromatic carbocycles. The summed E-state index contributed by atoms with van der Waals surface area (Å²) in [6, 6.07) is -1.29. The molecule has 3 N–H and O–H groups in total. The summed E-state index contributed by atoms with van der Waals surface area (Å²) in [5, 5.41) is 32.9. The number of ketones is 3. The van der Waals surface area contributed by atoms with Gasteiger partial charge < -0.3 is 53.4 Å². The third-order valence-corrected chi connectivity index (χ3v) is 15.6. The van der Waals surface area contributed by atoms with Gasteiger partial charge in [-0.25, -0.2) is 4.79 Å². The number of halogens is 5. The third kappa shape index (κ3) is 18.4. The summed E-state index contributed by atoms with van der Waals surface area (Å²) in [5.74, 6) is -9.67. The van der Waals surface area contributed by atoms with Crippen LogP contribution in [0.25, 0.3) is 0 Å². The van der Waals surface area contributed by atoms with E-state index in [1.165, 1.54) is 14.0 Å². The number of allylic oxidation sites excluding steroid dienone is 6. The van der Waals surface area contributed by atoms with E-state index < -0.39 is 109 Å². The van der Waals surface area contributed by atoms with Crippen molar-refractivity contribution in [1.29, 1.82) is 0 Å². The first kappa shape index (κ1) is 65.7. The van der Waals surface area contributed by atoms with Crippen LogP contribution < -0.4 is 0 Å². The van der Waals surface area contributed by atoms with E-state index in [1.807, 2.05) is 19.9 Å². The SMILES string of the molecule is CO[C@@H]1CC(C[C@@H](C)C2CC(=O)[C@H](C)/C=C(\C)[C@@H](O)[C@@H](OC)C(=O)[C@H](C)C[C@H](C)/C=C/C=C/C=C(\C)[C@H](OCCOC(F)(F)C(F)(F)F)C[C@@H]3CC[C@@H](C)[C@@](O)(O3)C(=O)C(=O)N3CCCC[C@H]3C(=O)O2)CC[C@H]1OCCO. The van der Waals surface area contributed by atoms with Crippen LogP contribution in [0.4, 0.5) is 22.0 Å². The van der Waals surface area contributed by atoms with Gasteiger partial charge in [-0.2, -0.15) is 22.0 Å². The first-order valence-electron chi connectivity index (χ1n) is 27.1. The molecule has 3 aliphatic heterocycles. The van der Waals surface area contributed by atoms with Crippen molar-refractivity contribution in [2.45, 2.75) is 192 Å². The summed E-state index contributed by atoms with van der Waals surface area (Å²) in [7, 11) is 2.90. The monoisotopic (exact) mass is 1110 g/mol. The lowest BCUT2D eigenvalue weighted by Gasteiger charge is -2.43. The van der Waals surface area contributed by atoms with Crippen LogP contribution in [-0.2, 0) is 57.1 Å². The quantitative estimate of drug-likeness (QED) is 0.0529. The number of Topliss-reactive ketones (excluding diaryl/α,β-unsaturated/α-hetero) is 3. The van der Waals surface area contributed by atoms with Crippen molar-refractivity contribution in [2.75, 3.05) is 47.2 Å². The molecule has 1 amide bonds. The minimum atomic E-state index is -5.97. The largest absolute Gasteiger partial charge is 0.482 e. The Morgan fingerprint density at radius 1 is 0.831 bits per heavy atom. The maximum Gasteiger partial charge on any atom is 0.482 e. The van der Waals surface area contributed by atoms with E-state index in [1.54, 1.807) is 65.2 Å². The number of methoxy groups -OCH3 is 2. The molecule has 0 aromatic rings. The van der Waals surface area contributed by atoms with Crippen LogP contribution in [0.3, 0.4) is 0 Å². The predicted octanol–water partition coefficient (Wildman–Crippen LogP) is 7.74. The molecule has 0 radical (unpaired) electrons. The summed E-state index contributed by atoms with van der Waals surface area (Å²) in [6.07, 6.45) is -3.88. The number of amides is 1. The molecule has 0 spiro atoms. The van der Waals surface area contributed by atoms with E-state index in [0.29, 0.717) is 49.7 Å². The maximum absolute atomic E-state index is 14.5. The van der Waals surface area contributed by atoms with Crippen LogP contribution in [0.2, 0.25) is 0 Å². The standard InChI is InChI=1S/C56H84F5NO15/c1-33-15-11-10-12-16-34(2)45(74-25-26-75-56(60,61)55(57,58)59)31-41-20-18-39(7)54(70,77-41)51(67)52(68)62-22-14-13-17-42(62)53(69)76-46(36(4)29-40-19-21-44(73-24-23-63)47(30-40)71-8)32-43(64)35(3)28-38(6)49(66)50(72-9)48(65)37(5)27-33/h10-12,15-16,28,33,35-37,39-42,44-47,49-50,63,66,70H,13-14,17-27,29-32H2,1-9H3/b12-10+,15-11+,34-16+,38-28+/t33-,35-,36-,37-,39-,40?,41+,42+,44-,45-,46?,47-,49-,50+,54-/m1/s1. The fraction of sp³-hybridized carbons (Fsp3) is 0.768. The molecule has 1 saturated carbocycles. The van der Waals surface area contributed by atoms with Gasteiger partial charge in [-0.15, -0.1) is 0 Å². The number of cyclic esters (lactones) is 1. The highest BCUT2D eigenvalue weighted by atomic mass is 19.4. The number of carbonyl (C=O) groups is 5. The van der Waals surface area contributed by atoms with Gasteiger partial charge in [0.15, 0.2) is 5.78 Å². The smallest absolute Gasteiger partial charge is 0.460 e. The summed E-state index contributed by atoms with van der Waals surface area (Å²) in [4.78, 5) is 72.4. The number of piperidine rings is 1. The van der Waals surface area contributed by atoms with Gasteiger partial charge in [0.05, 0.1) is 50.8 Å². The van der Waals surface area contributed by atoms with Crippen molar-refractivity contribution in [3.63, 3.8) is 0 Å². The molecule has 2 bridgehead atoms. The lowest BCUT2D eigenvalue weighted by Crippen LogP contribution is -2.61. The number of aliphatic hydroxyl groups is 3. The molecule has 0 aromatic heterocycles. The zero-order valence-electron chi connectivity index (χ0n) is 46.1. The third-order valence-electron chi connectivity index (χ3n) is 15.6. The Balaban J connectivity index is 1.72. The molecule has 438 valence electrons. The number of rotatable bonds is 13. The molecule has 1 aliphatic carbocycles. The van der Waals surface area contributed by atoms with Crippen LogP contribution in [0.1, 0.15) is 126 Å². The first-order valence-corrected chi connectivity index (χ1v) is 27.1. The molecule has 2 saturated heterocycles. The van der Waals surface area contributed by atoms with Crippen molar-refractivity contribution in [3.8, 4) is 0 Å². The van der Waals surface area contributed by atoms with E-state index in [4.69, 9.17) is 28.4 Å². The van der Waals surface area contributed by atoms with Crippen molar-refractivity contribution in [3.05, 3.63) is 47.6 Å². The average molecular weight is 1110 g/mol. The van der Waals surface area contributed by atoms with E-state index >= 15 is 0 Å². The summed E-state index contributed by atoms with van der Waals surface area (Å²) >= 11 is 0. The van der Waals surface area contributed by atoms with Crippen molar-refractivity contribution >= 4 is 29.2 Å². The molecule has 4 aliphatic rings. The highest BCUT2D eigenvalue weighted by molar-refractivity contribution is 6.39. The lowest BCUT2D eigenvalue weighted by molar-refractivity contribution is -0.392. The Labute approximate surface area is 450 Å². The van der Waals surface area contributed by atoms with Crippen LogP contribution in [0.15, 0.2) is 47.6 Å². The summed E-state index contributed by atoms with van der Waals surface area (Å²) < 4.78 is 105. The normalized spacial score (nSPS) is 36.5. The highest BCUT2D eigenvalue weighted by Gasteiger charge is 2.59. The Kier molecular flexibility index (Phi) is 25.7. The fourth-order valence-electron chi connectivity index (χ4n) is 10.9. The van der Waals surface area contributed by atoms with Gasteiger partial charge in [0.1, 0.15) is 30.1 Å². The molecule has 3 heterocycles. The van der Waals surface area contributed by atoms with Crippen LogP contribution in [0.5, 0.6) is 0 Å². The first-order chi connectivity index (χ1) is 36.2. The van der Waals surface area contributed by atoms with Crippen molar-refractivity contribution < 1.29 is 94.4 Å². The van der Waals surface area contributed by atoms with Gasteiger partial charge in [-0.1, -0.05) is 71.1 Å². The van der Waals surface area contributed by atoms with Crippen LogP contribution in [0, 0.1) is 35.5 Å². The Hall–Kier alpha value is -3.80. The minimum absolute atomic E-state index is 0.0540. The lowest BCUT2D eigenvalue weighted by atomic mass is 9.78. The topological polar surface area (TPSA) is 214 Å². The minimum Gasteiger partial charge on any atom is -0.460 e. The second-order valence-electron chi connectivity index (χ2n) is 21.7. The van der Waals surface area contributed by atoms with Gasteiger partial charge in [0.25, 0.3) is 11.7 Å². The van der Waals surface area contributed by atoms with E-state index in [0.717, 1.165) is 11.3 Å². The van der Waals surface area contributed by atoms with Gasteiger partial charge in [0.2, 0.25) is 5.79 Å². The van der Waals surface area contributed by atoms with Gasteiger partial charge in [-0.05, 0) is 107 Å². The Bertz CT molecular complexity index is 2080. The predicted molar refractivity (Wildman–Crippen MR) is 272 cm³/mol. The number of alkyl halides is 5. The zero-order valence-corrected chi connectivity index (χ0v) is 46.1. The summed E-state index contributed by atoms with van der Waals surface area (Å²) in [6.45, 7) is 9.91. The highest BCUT2D eigenvalue weighted by Crippen LogP contribution is 2.39. The number of fused-ring (bicyclic) bond motifs is 3. The van der Waals surface area contributed by atoms with Gasteiger partial charge in [0, 0.05) is 51.4 Å². The number of aliphatic hydroxyl groups excluding tert-OH is 2. The number of carbonyl (C=O) groups excluding carboxylic acids is 5. The Morgan fingerprint density at radius 2 is 1.55 bits per heavy atom. The van der Waals surface area contributed by atoms with Gasteiger partial charge >= 0.3 is 18.3 Å². The number of esters is 1. The molecule has 16 nitrogen and oxygen atoms in total. The maximum atomic E-state index is 14.5. The molecule has 15 atom stereocenters. The van der Waals surface area contributed by atoms with E-state index in [-0.39, 0.29) is 87.5 Å². The molecule has 21 heteroatoms. The number of hydrogen-bond acceptors (Lipinski definition) is 15. The fourth-order valence-corrected chi connectivity index (χ4v) is 10.9. The second-order valence-corrected chi connectivity index (χ2v) is 21.7. The van der Waals surface area contributed by atoms with Crippen molar-refractivity contribution in [2.24, 2.45) is 35.5 Å². The van der Waals surface area contributed by atoms with Gasteiger partial charge in [-0.3, -0.25) is 19.2 Å². The molecular formula is C56H84F5NO15. The molecule has 2 unspecified atom stereocenters. The molecular weight excluding hydrogens is 1020 g/mol. The Morgan fingerprint density at radius 3 is 2.21 bits per heavy atom. The average Bonchev–Trinajstić information content (AvgIpc) is 3.38. The number of nitrogens with zero attached hydrogens (tertiary/aromatic N) is 1. The molecule has 3 fully saturated rings.